The van der Waals surface area contributed by atoms with Crippen LogP contribution in [0.4, 0.5) is 0 Å². The van der Waals surface area contributed by atoms with Gasteiger partial charge in [-0.3, -0.25) is 4.98 Å². The molecule has 19 heavy (non-hydrogen) atoms. The van der Waals surface area contributed by atoms with Gasteiger partial charge in [0.25, 0.3) is 0 Å². The fourth-order valence-corrected chi connectivity index (χ4v) is 2.10. The van der Waals surface area contributed by atoms with Crippen LogP contribution in [-0.4, -0.2) is 44.3 Å². The monoisotopic (exact) mass is 263 g/mol. The van der Waals surface area contributed by atoms with Crippen LogP contribution in [0.3, 0.4) is 0 Å². The number of hydrogen-bond acceptors (Lipinski definition) is 5. The van der Waals surface area contributed by atoms with E-state index in [0.717, 1.165) is 63.7 Å². The van der Waals surface area contributed by atoms with Crippen LogP contribution in [0, 0.1) is 0 Å². The first-order chi connectivity index (χ1) is 9.45. The maximum atomic E-state index is 4.64. The number of rotatable bonds is 0. The highest BCUT2D eigenvalue weighted by Crippen LogP contribution is 1.99. The summed E-state index contributed by atoms with van der Waals surface area (Å²) >= 11 is 0. The van der Waals surface area contributed by atoms with Gasteiger partial charge in [0.2, 0.25) is 0 Å². The van der Waals surface area contributed by atoms with Crippen molar-refractivity contribution in [3.63, 3.8) is 0 Å². The molecule has 0 amide bonds. The van der Waals surface area contributed by atoms with E-state index in [1.807, 2.05) is 0 Å². The highest BCUT2D eigenvalue weighted by atomic mass is 15.0. The van der Waals surface area contributed by atoms with Crippen molar-refractivity contribution in [2.45, 2.75) is 19.5 Å². The van der Waals surface area contributed by atoms with E-state index in [4.69, 9.17) is 0 Å². The predicted octanol–water partition coefficient (Wildman–Crippen LogP) is -0.156. The summed E-state index contributed by atoms with van der Waals surface area (Å²) in [5.74, 6) is 0. The van der Waals surface area contributed by atoms with Crippen LogP contribution >= 0.6 is 0 Å². The second-order valence-electron chi connectivity index (χ2n) is 4.83. The van der Waals surface area contributed by atoms with E-state index in [1.165, 1.54) is 6.42 Å². The molecule has 2 heterocycles. The lowest BCUT2D eigenvalue weighted by Gasteiger charge is -2.10. The Balaban J connectivity index is 1.84. The first-order valence-electron chi connectivity index (χ1n) is 7.23. The van der Waals surface area contributed by atoms with Gasteiger partial charge >= 0.3 is 0 Å². The molecule has 106 valence electrons. The molecular weight excluding hydrogens is 238 g/mol. The number of nitrogens with zero attached hydrogens (tertiary/aromatic N) is 1. The normalized spacial score (nSPS) is 20.0. The lowest BCUT2D eigenvalue weighted by atomic mass is 10.3. The largest absolute Gasteiger partial charge is 0.315 e. The fourth-order valence-electron chi connectivity index (χ4n) is 2.10. The maximum absolute atomic E-state index is 4.64. The van der Waals surface area contributed by atoms with Crippen molar-refractivity contribution in [2.24, 2.45) is 0 Å². The molecule has 4 N–H and O–H groups in total. The summed E-state index contributed by atoms with van der Waals surface area (Å²) in [6, 6.07) is 6.24. The molecule has 1 aromatic rings. The van der Waals surface area contributed by atoms with E-state index < -0.39 is 0 Å². The third-order valence-electron chi connectivity index (χ3n) is 3.14. The molecule has 0 unspecified atom stereocenters. The molecule has 0 aliphatic carbocycles. The van der Waals surface area contributed by atoms with Crippen LogP contribution in [0.5, 0.6) is 0 Å². The zero-order chi connectivity index (χ0) is 13.2. The number of fused-ring (bicyclic) bond motifs is 2. The van der Waals surface area contributed by atoms with Gasteiger partial charge in [-0.25, -0.2) is 0 Å². The molecule has 2 rings (SSSR count). The minimum atomic E-state index is 0.844. The highest BCUT2D eigenvalue weighted by molar-refractivity contribution is 5.11. The summed E-state index contributed by atoms with van der Waals surface area (Å²) in [7, 11) is 0. The number of pyridine rings is 1. The molecule has 0 saturated carbocycles. The SMILES string of the molecule is c1cc2nc(c1)CNCCNCCCNCCNC2. The minimum Gasteiger partial charge on any atom is -0.315 e. The van der Waals surface area contributed by atoms with Gasteiger partial charge in [0.05, 0.1) is 11.4 Å². The van der Waals surface area contributed by atoms with Crippen molar-refractivity contribution in [3.8, 4) is 0 Å². The van der Waals surface area contributed by atoms with E-state index >= 15 is 0 Å². The van der Waals surface area contributed by atoms with Crippen molar-refractivity contribution in [2.75, 3.05) is 39.3 Å². The molecule has 0 radical (unpaired) electrons. The summed E-state index contributed by atoms with van der Waals surface area (Å²) in [4.78, 5) is 4.64. The summed E-state index contributed by atoms with van der Waals surface area (Å²) in [6.45, 7) is 7.84. The minimum absolute atomic E-state index is 0.844. The van der Waals surface area contributed by atoms with Gasteiger partial charge < -0.3 is 21.3 Å². The van der Waals surface area contributed by atoms with Gasteiger partial charge in [-0.15, -0.1) is 0 Å². The van der Waals surface area contributed by atoms with Crippen molar-refractivity contribution in [3.05, 3.63) is 29.6 Å². The van der Waals surface area contributed by atoms with E-state index in [1.54, 1.807) is 0 Å². The number of nitrogens with one attached hydrogen (secondary N) is 4. The van der Waals surface area contributed by atoms with E-state index in [2.05, 4.69) is 44.5 Å². The van der Waals surface area contributed by atoms with Crippen LogP contribution in [0.15, 0.2) is 18.2 Å². The van der Waals surface area contributed by atoms with Gasteiger partial charge in [-0.05, 0) is 31.6 Å². The Morgan fingerprint density at radius 1 is 0.684 bits per heavy atom. The van der Waals surface area contributed by atoms with Gasteiger partial charge in [0, 0.05) is 39.3 Å². The molecule has 1 aliphatic heterocycles. The van der Waals surface area contributed by atoms with E-state index in [0.29, 0.717) is 0 Å². The Morgan fingerprint density at radius 2 is 1.21 bits per heavy atom. The van der Waals surface area contributed by atoms with Crippen LogP contribution in [0.2, 0.25) is 0 Å². The summed E-state index contributed by atoms with van der Waals surface area (Å²) in [5.41, 5.74) is 2.23. The molecule has 0 aromatic carbocycles. The van der Waals surface area contributed by atoms with Crippen molar-refractivity contribution in [1.82, 2.24) is 26.3 Å². The topological polar surface area (TPSA) is 61.0 Å². The average molecular weight is 263 g/mol. The standard InChI is InChI=1S/C14H25N5/c1-3-13-11-17-9-7-15-5-2-6-16-8-10-18-12-14(4-1)19-13/h1,3-4,15-18H,2,5-12H2. The lowest BCUT2D eigenvalue weighted by molar-refractivity contribution is 0.552. The highest BCUT2D eigenvalue weighted by Gasteiger charge is 1.99. The first kappa shape index (κ1) is 14.4. The molecule has 2 bridgehead atoms. The molecular formula is C14H25N5. The smallest absolute Gasteiger partial charge is 0.0545 e. The molecule has 0 atom stereocenters. The van der Waals surface area contributed by atoms with Crippen LogP contribution < -0.4 is 21.3 Å². The van der Waals surface area contributed by atoms with Crippen LogP contribution in [0.1, 0.15) is 17.8 Å². The average Bonchev–Trinajstić information content (AvgIpc) is 2.43. The van der Waals surface area contributed by atoms with Crippen molar-refractivity contribution < 1.29 is 0 Å². The van der Waals surface area contributed by atoms with Crippen molar-refractivity contribution in [1.29, 1.82) is 0 Å². The lowest BCUT2D eigenvalue weighted by Crippen LogP contribution is -2.32. The fraction of sp³-hybridized carbons (Fsp3) is 0.643. The van der Waals surface area contributed by atoms with Gasteiger partial charge in [0.15, 0.2) is 0 Å². The summed E-state index contributed by atoms with van der Waals surface area (Å²) in [5, 5.41) is 13.7. The Morgan fingerprint density at radius 3 is 1.79 bits per heavy atom. The zero-order valence-electron chi connectivity index (χ0n) is 11.5. The molecule has 5 heteroatoms. The zero-order valence-corrected chi connectivity index (χ0v) is 11.5. The van der Waals surface area contributed by atoms with E-state index in [-0.39, 0.29) is 0 Å². The Hall–Kier alpha value is -1.01. The first-order valence-corrected chi connectivity index (χ1v) is 7.23. The molecule has 0 fully saturated rings. The summed E-state index contributed by atoms with van der Waals surface area (Å²) < 4.78 is 0. The third-order valence-corrected chi connectivity index (χ3v) is 3.14. The number of hydrogen-bond donors (Lipinski definition) is 4. The van der Waals surface area contributed by atoms with Crippen molar-refractivity contribution >= 4 is 0 Å². The summed E-state index contributed by atoms with van der Waals surface area (Å²) in [6.07, 6.45) is 1.18. The quantitative estimate of drug-likeness (QED) is 0.524. The molecule has 5 nitrogen and oxygen atoms in total. The second kappa shape index (κ2) is 8.98. The van der Waals surface area contributed by atoms with Crippen LogP contribution in [-0.2, 0) is 13.1 Å². The Bertz CT molecular complexity index is 326. The van der Waals surface area contributed by atoms with Crippen LogP contribution in [0.25, 0.3) is 0 Å². The molecule has 1 aliphatic rings. The van der Waals surface area contributed by atoms with Gasteiger partial charge in [-0.1, -0.05) is 6.07 Å². The molecule has 0 saturated heterocycles. The predicted molar refractivity (Wildman–Crippen MR) is 78.0 cm³/mol. The maximum Gasteiger partial charge on any atom is 0.0545 e. The number of aromatic nitrogens is 1. The van der Waals surface area contributed by atoms with E-state index in [9.17, 15) is 0 Å². The van der Waals surface area contributed by atoms with Gasteiger partial charge in [0.1, 0.15) is 0 Å². The molecule has 0 spiro atoms. The third kappa shape index (κ3) is 6.11. The Kier molecular flexibility index (Phi) is 6.81. The Labute approximate surface area is 115 Å². The molecule has 1 aromatic heterocycles. The van der Waals surface area contributed by atoms with Gasteiger partial charge in [-0.2, -0.15) is 0 Å². The second-order valence-corrected chi connectivity index (χ2v) is 4.83.